The third-order valence-corrected chi connectivity index (χ3v) is 6.12. The van der Waals surface area contributed by atoms with E-state index in [4.69, 9.17) is 4.74 Å². The lowest BCUT2D eigenvalue weighted by Gasteiger charge is -2.12. The molecule has 0 aromatic heterocycles. The molecule has 0 bridgehead atoms. The molecule has 7 heteroatoms. The lowest BCUT2D eigenvalue weighted by molar-refractivity contribution is -0.115. The van der Waals surface area contributed by atoms with Gasteiger partial charge in [0.25, 0.3) is 0 Å². The molecule has 1 aromatic rings. The fourth-order valence-corrected chi connectivity index (χ4v) is 4.48. The second kappa shape index (κ2) is 7.09. The largest absolute Gasteiger partial charge is 0.494 e. The molecule has 0 saturated heterocycles. The van der Waals surface area contributed by atoms with Gasteiger partial charge in [-0.3, -0.25) is 4.79 Å². The van der Waals surface area contributed by atoms with Gasteiger partial charge in [-0.15, -0.1) is 0 Å². The number of rotatable bonds is 6. The van der Waals surface area contributed by atoms with E-state index >= 15 is 0 Å². The van der Waals surface area contributed by atoms with Gasteiger partial charge in [0.05, 0.1) is 23.8 Å². The first-order valence-corrected chi connectivity index (χ1v) is 8.99. The number of amides is 1. The number of sulfone groups is 1. The van der Waals surface area contributed by atoms with E-state index in [9.17, 15) is 17.6 Å². The molecule has 1 aliphatic carbocycles. The van der Waals surface area contributed by atoms with Gasteiger partial charge in [0, 0.05) is 12.5 Å². The van der Waals surface area contributed by atoms with Crippen LogP contribution in [0.5, 0.6) is 5.75 Å². The minimum atomic E-state index is -3.22. The van der Waals surface area contributed by atoms with Gasteiger partial charge in [0.2, 0.25) is 5.91 Å². The van der Waals surface area contributed by atoms with Gasteiger partial charge in [-0.1, -0.05) is 12.8 Å². The Kier molecular flexibility index (Phi) is 5.39. The predicted molar refractivity (Wildman–Crippen MR) is 82.2 cm³/mol. The maximum absolute atomic E-state index is 13.1. The molecule has 0 radical (unpaired) electrons. The van der Waals surface area contributed by atoms with Crippen molar-refractivity contribution in [2.45, 2.75) is 37.4 Å². The zero-order chi connectivity index (χ0) is 16.2. The predicted octanol–water partition coefficient (Wildman–Crippen LogP) is 2.52. The Hall–Kier alpha value is -1.63. The zero-order valence-corrected chi connectivity index (χ0v) is 13.3. The van der Waals surface area contributed by atoms with Gasteiger partial charge in [-0.2, -0.15) is 0 Å². The first kappa shape index (κ1) is 16.7. The Morgan fingerprint density at radius 2 is 2.05 bits per heavy atom. The number of nitrogens with one attached hydrogen (secondary N) is 1. The van der Waals surface area contributed by atoms with E-state index in [1.165, 1.54) is 19.2 Å². The second-order valence-electron chi connectivity index (χ2n) is 5.42. The van der Waals surface area contributed by atoms with Crippen LogP contribution in [0.1, 0.15) is 32.1 Å². The number of hydrogen-bond donors (Lipinski definition) is 1. The Balaban J connectivity index is 1.93. The number of benzene rings is 1. The first-order valence-electron chi connectivity index (χ1n) is 7.27. The molecule has 2 rings (SSSR count). The molecule has 0 unspecified atom stereocenters. The van der Waals surface area contributed by atoms with Crippen LogP contribution in [0, 0.1) is 5.82 Å². The number of anilines is 1. The van der Waals surface area contributed by atoms with E-state index in [2.05, 4.69) is 5.32 Å². The highest BCUT2D eigenvalue weighted by atomic mass is 32.2. The zero-order valence-electron chi connectivity index (χ0n) is 12.5. The van der Waals surface area contributed by atoms with Crippen LogP contribution < -0.4 is 10.1 Å². The SMILES string of the molecule is COc1cc(F)ccc1NC(=O)CCS(=O)(=O)C1CCCC1. The minimum Gasteiger partial charge on any atom is -0.494 e. The molecule has 0 aliphatic heterocycles. The Morgan fingerprint density at radius 3 is 2.68 bits per heavy atom. The summed E-state index contributed by atoms with van der Waals surface area (Å²) >= 11 is 0. The minimum absolute atomic E-state index is 0.112. The average Bonchev–Trinajstić information content (AvgIpc) is 3.02. The summed E-state index contributed by atoms with van der Waals surface area (Å²) in [4.78, 5) is 11.9. The highest BCUT2D eigenvalue weighted by molar-refractivity contribution is 7.92. The molecule has 1 N–H and O–H groups in total. The molecule has 0 atom stereocenters. The molecule has 1 aliphatic rings. The monoisotopic (exact) mass is 329 g/mol. The average molecular weight is 329 g/mol. The molecule has 1 amide bonds. The smallest absolute Gasteiger partial charge is 0.225 e. The summed E-state index contributed by atoms with van der Waals surface area (Å²) in [7, 11) is -1.85. The summed E-state index contributed by atoms with van der Waals surface area (Å²) in [5.41, 5.74) is 0.326. The van der Waals surface area contributed by atoms with Crippen molar-refractivity contribution in [2.75, 3.05) is 18.2 Å². The summed E-state index contributed by atoms with van der Waals surface area (Å²) in [5.74, 6) is -0.857. The fraction of sp³-hybridized carbons (Fsp3) is 0.533. The topological polar surface area (TPSA) is 72.5 Å². The Morgan fingerprint density at radius 1 is 1.36 bits per heavy atom. The number of halogens is 1. The van der Waals surface area contributed by atoms with Crippen molar-refractivity contribution in [3.63, 3.8) is 0 Å². The third-order valence-electron chi connectivity index (χ3n) is 3.86. The first-order chi connectivity index (χ1) is 10.4. The van der Waals surface area contributed by atoms with Crippen LogP contribution in [0.3, 0.4) is 0 Å². The Bertz CT molecular complexity index is 639. The molecule has 22 heavy (non-hydrogen) atoms. The highest BCUT2D eigenvalue weighted by Gasteiger charge is 2.28. The second-order valence-corrected chi connectivity index (χ2v) is 7.82. The fourth-order valence-electron chi connectivity index (χ4n) is 2.63. The van der Waals surface area contributed by atoms with E-state index in [1.807, 2.05) is 0 Å². The van der Waals surface area contributed by atoms with Gasteiger partial charge in [0.1, 0.15) is 11.6 Å². The van der Waals surface area contributed by atoms with E-state index < -0.39 is 21.6 Å². The summed E-state index contributed by atoms with van der Waals surface area (Å²) in [5, 5.41) is 2.25. The third kappa shape index (κ3) is 4.19. The van der Waals surface area contributed by atoms with Crippen molar-refractivity contribution >= 4 is 21.4 Å². The van der Waals surface area contributed by atoms with Gasteiger partial charge in [0.15, 0.2) is 9.84 Å². The molecule has 122 valence electrons. The summed E-state index contributed by atoms with van der Waals surface area (Å²) in [6.45, 7) is 0. The maximum atomic E-state index is 13.1. The molecule has 1 fully saturated rings. The summed E-state index contributed by atoms with van der Waals surface area (Å²) in [6, 6.07) is 3.75. The van der Waals surface area contributed by atoms with Gasteiger partial charge in [-0.25, -0.2) is 12.8 Å². The molecular weight excluding hydrogens is 309 g/mol. The number of ether oxygens (including phenoxy) is 1. The van der Waals surface area contributed by atoms with Crippen LogP contribution in [0.25, 0.3) is 0 Å². The number of methoxy groups -OCH3 is 1. The lowest BCUT2D eigenvalue weighted by atomic mass is 10.2. The van der Waals surface area contributed by atoms with Crippen molar-refractivity contribution in [3.05, 3.63) is 24.0 Å². The van der Waals surface area contributed by atoms with Crippen molar-refractivity contribution in [1.82, 2.24) is 0 Å². The normalized spacial score (nSPS) is 15.7. The summed E-state index contributed by atoms with van der Waals surface area (Å²) in [6.07, 6.45) is 3.14. The van der Waals surface area contributed by atoms with Gasteiger partial charge >= 0.3 is 0 Å². The van der Waals surface area contributed by atoms with Gasteiger partial charge < -0.3 is 10.1 Å². The molecule has 0 heterocycles. The van der Waals surface area contributed by atoms with Crippen LogP contribution in [0.15, 0.2) is 18.2 Å². The lowest BCUT2D eigenvalue weighted by Crippen LogP contribution is -2.24. The number of carbonyl (C=O) groups excluding carboxylic acids is 1. The summed E-state index contributed by atoms with van der Waals surface area (Å²) < 4.78 is 42.3. The van der Waals surface area contributed by atoms with E-state index in [0.717, 1.165) is 18.9 Å². The molecule has 1 saturated carbocycles. The highest BCUT2D eigenvalue weighted by Crippen LogP contribution is 2.27. The van der Waals surface area contributed by atoms with Crippen molar-refractivity contribution in [2.24, 2.45) is 0 Å². The van der Waals surface area contributed by atoms with Crippen LogP contribution in [0.2, 0.25) is 0 Å². The van der Waals surface area contributed by atoms with E-state index in [0.29, 0.717) is 18.5 Å². The van der Waals surface area contributed by atoms with Crippen molar-refractivity contribution < 1.29 is 22.3 Å². The standard InChI is InChI=1S/C15H20FNO4S/c1-21-14-10-11(16)6-7-13(14)17-15(18)8-9-22(19,20)12-4-2-3-5-12/h6-7,10,12H,2-5,8-9H2,1H3,(H,17,18). The van der Waals surface area contributed by atoms with Crippen molar-refractivity contribution in [1.29, 1.82) is 0 Å². The van der Waals surface area contributed by atoms with Crippen LogP contribution >= 0.6 is 0 Å². The Labute approximate surface area is 129 Å². The van der Waals surface area contributed by atoms with Crippen LogP contribution in [0.4, 0.5) is 10.1 Å². The van der Waals surface area contributed by atoms with E-state index in [-0.39, 0.29) is 23.2 Å². The number of hydrogen-bond acceptors (Lipinski definition) is 4. The van der Waals surface area contributed by atoms with Crippen LogP contribution in [-0.2, 0) is 14.6 Å². The molecular formula is C15H20FNO4S. The quantitative estimate of drug-likeness (QED) is 0.870. The number of carbonyl (C=O) groups is 1. The molecule has 5 nitrogen and oxygen atoms in total. The molecule has 1 aromatic carbocycles. The van der Waals surface area contributed by atoms with Gasteiger partial charge in [-0.05, 0) is 25.0 Å². The maximum Gasteiger partial charge on any atom is 0.225 e. The van der Waals surface area contributed by atoms with Crippen LogP contribution in [-0.4, -0.2) is 32.4 Å². The van der Waals surface area contributed by atoms with E-state index in [1.54, 1.807) is 0 Å². The van der Waals surface area contributed by atoms with Crippen molar-refractivity contribution in [3.8, 4) is 5.75 Å². The molecule has 0 spiro atoms.